The van der Waals surface area contributed by atoms with E-state index in [2.05, 4.69) is 20.9 Å². The number of aromatic nitrogens is 2. The lowest BCUT2D eigenvalue weighted by Gasteiger charge is -2.36. The molecule has 324 valence electrons. The molecular weight excluding hydrogens is 797 g/mol. The van der Waals surface area contributed by atoms with Gasteiger partial charge < -0.3 is 29.9 Å². The van der Waals surface area contributed by atoms with E-state index >= 15 is 0 Å². The summed E-state index contributed by atoms with van der Waals surface area (Å²) >= 11 is 0. The molecule has 4 aromatic rings. The van der Waals surface area contributed by atoms with Crippen molar-refractivity contribution in [3.8, 4) is 6.07 Å². The van der Waals surface area contributed by atoms with Crippen molar-refractivity contribution < 1.29 is 49.1 Å². The van der Waals surface area contributed by atoms with Crippen LogP contribution in [0, 0.1) is 53.4 Å². The first kappa shape index (κ1) is 44.3. The van der Waals surface area contributed by atoms with E-state index in [4.69, 9.17) is 16.0 Å². The quantitative estimate of drug-likeness (QED) is 0.158. The number of ether oxygens (including phenoxy) is 2. The highest BCUT2D eigenvalue weighted by molar-refractivity contribution is 6.27. The molecular formula is C46H50N6O10. The fourth-order valence-corrected chi connectivity index (χ4v) is 11.3. The first-order chi connectivity index (χ1) is 28.6. The van der Waals surface area contributed by atoms with E-state index in [-0.39, 0.29) is 40.9 Å². The van der Waals surface area contributed by atoms with E-state index in [1.807, 2.05) is 0 Å². The van der Waals surface area contributed by atoms with Gasteiger partial charge in [-0.25, -0.2) is 14.6 Å². The summed E-state index contributed by atoms with van der Waals surface area (Å²) in [6, 6.07) is 15.2. The number of nitrogens with zero attached hydrogens (tertiary/aromatic N) is 6. The van der Waals surface area contributed by atoms with Crippen LogP contribution in [0.1, 0.15) is 61.0 Å². The summed E-state index contributed by atoms with van der Waals surface area (Å²) in [7, 11) is 0. The Morgan fingerprint density at radius 2 is 1.16 bits per heavy atom. The monoisotopic (exact) mass is 846 g/mol. The second-order valence-corrected chi connectivity index (χ2v) is 17.3. The maximum atomic E-state index is 13.6. The summed E-state index contributed by atoms with van der Waals surface area (Å²) in [5.74, 6) is -5.79. The summed E-state index contributed by atoms with van der Waals surface area (Å²) in [5, 5.41) is 51.5. The molecule has 16 nitrogen and oxygen atoms in total. The molecule has 2 aromatic heterocycles. The summed E-state index contributed by atoms with van der Waals surface area (Å²) in [4.78, 5) is 68.7. The summed E-state index contributed by atoms with van der Waals surface area (Å²) in [5.41, 5.74) is -2.32. The average molecular weight is 847 g/mol. The predicted octanol–water partition coefficient (Wildman–Crippen LogP) is 4.22. The van der Waals surface area contributed by atoms with E-state index < -0.39 is 93.7 Å². The number of aliphatic hydroxyl groups excluding tert-OH is 4. The Kier molecular flexibility index (Phi) is 10.7. The molecule has 12 atom stereocenters. The second kappa shape index (κ2) is 15.0. The highest BCUT2D eigenvalue weighted by Gasteiger charge is 2.79. The largest absolute Gasteiger partial charge is 0.396 e. The normalized spacial score (nSPS) is 34.5. The smallest absolute Gasteiger partial charge is 0.240 e. The standard InChI is InChI=1S/2C22H21N3O5.2CH4/c1-11(10-26)22-9-15(27)21(2,30-22)16-17(22)20(29)25(19(16)28)14-7-6-13(23-3)18-12(14)5-4-8-24-18;1-11(10-26)22-8-15(27)21(2,30-22)16-17(22)20(29)25(19(16)28)14-6-5-12(9-23)18-13(14)4-3-7-24-18;;/h4-8,11,15-17,26-27H,9-10H2,1-2H3;3-7,11,15-17,26-27H,8,10H2,1-2H3;2*1H4/t2*11?,15-,16-,17+,21?,22?;;/m10../s1. The summed E-state index contributed by atoms with van der Waals surface area (Å²) in [6.07, 6.45) is 1.68. The van der Waals surface area contributed by atoms with Crippen LogP contribution < -0.4 is 9.80 Å². The molecule has 6 unspecified atom stereocenters. The molecule has 8 heterocycles. The van der Waals surface area contributed by atoms with Crippen LogP contribution in [0.2, 0.25) is 0 Å². The Bertz CT molecular complexity index is 2470. The van der Waals surface area contributed by atoms with Crippen LogP contribution in [-0.2, 0) is 28.7 Å². The molecule has 16 heteroatoms. The van der Waals surface area contributed by atoms with Crippen molar-refractivity contribution in [3.63, 3.8) is 0 Å². The molecule has 4 bridgehead atoms. The van der Waals surface area contributed by atoms with Gasteiger partial charge in [-0.05, 0) is 50.2 Å². The summed E-state index contributed by atoms with van der Waals surface area (Å²) in [6.45, 7) is 13.8. The number of rotatable bonds is 6. The van der Waals surface area contributed by atoms with Gasteiger partial charge in [-0.15, -0.1) is 0 Å². The van der Waals surface area contributed by atoms with Crippen LogP contribution in [0.25, 0.3) is 26.7 Å². The van der Waals surface area contributed by atoms with Crippen molar-refractivity contribution in [3.05, 3.63) is 77.9 Å². The molecule has 6 saturated heterocycles. The van der Waals surface area contributed by atoms with Crippen molar-refractivity contribution in [2.75, 3.05) is 23.0 Å². The SMILES string of the molecule is C.C.CC(CO)C12C[C@H](O)C(C)(O1)[C@@H]1C(=O)N(c3ccc(C#N)c4ncccc34)C(=O)[C@@H]12.[C-]#[N+]c1ccc(N2C(=O)[C@@H]3[C@H](C2=O)C2(C)OC3(C(C)CO)C[C@H]2O)c2cccnc12. The van der Waals surface area contributed by atoms with Gasteiger partial charge in [0.25, 0.3) is 0 Å². The van der Waals surface area contributed by atoms with Crippen LogP contribution >= 0.6 is 0 Å². The first-order valence-corrected chi connectivity index (χ1v) is 19.9. The molecule has 0 radical (unpaired) electrons. The van der Waals surface area contributed by atoms with Crippen molar-refractivity contribution >= 4 is 62.5 Å². The topological polar surface area (TPSA) is 228 Å². The number of pyridine rings is 2. The van der Waals surface area contributed by atoms with Crippen LogP contribution in [0.3, 0.4) is 0 Å². The minimum absolute atomic E-state index is 0. The third kappa shape index (κ3) is 5.44. The number of hydrogen-bond acceptors (Lipinski definition) is 13. The molecule has 62 heavy (non-hydrogen) atoms. The lowest BCUT2D eigenvalue weighted by Crippen LogP contribution is -2.51. The average Bonchev–Trinajstić information content (AvgIpc) is 4.02. The molecule has 2 aromatic carbocycles. The van der Waals surface area contributed by atoms with E-state index in [9.17, 15) is 44.9 Å². The molecule has 0 spiro atoms. The molecule has 0 saturated carbocycles. The van der Waals surface area contributed by atoms with Crippen molar-refractivity contribution in [2.24, 2.45) is 35.5 Å². The fraction of sp³-hybridized carbons (Fsp3) is 0.478. The number of imide groups is 2. The lowest BCUT2D eigenvalue weighted by molar-refractivity contribution is -0.140. The Balaban J connectivity index is 0.000000181. The number of hydrogen-bond donors (Lipinski definition) is 4. The minimum atomic E-state index is -1.20. The number of fused-ring (bicyclic) bond motifs is 12. The number of anilines is 2. The van der Waals surface area contributed by atoms with Crippen molar-refractivity contribution in [1.82, 2.24) is 9.97 Å². The molecule has 4 N–H and O–H groups in total. The number of aliphatic hydroxyl groups is 4. The summed E-state index contributed by atoms with van der Waals surface area (Å²) < 4.78 is 12.4. The van der Waals surface area contributed by atoms with Gasteiger partial charge in [-0.1, -0.05) is 40.8 Å². The van der Waals surface area contributed by atoms with Gasteiger partial charge in [0.2, 0.25) is 29.3 Å². The minimum Gasteiger partial charge on any atom is -0.396 e. The van der Waals surface area contributed by atoms with Crippen molar-refractivity contribution in [2.45, 2.75) is 90.0 Å². The maximum absolute atomic E-state index is 13.6. The maximum Gasteiger partial charge on any atom is 0.240 e. The third-order valence-electron chi connectivity index (χ3n) is 14.5. The highest BCUT2D eigenvalue weighted by atomic mass is 16.6. The van der Waals surface area contributed by atoms with Gasteiger partial charge in [-0.3, -0.25) is 29.1 Å². The van der Waals surface area contributed by atoms with Gasteiger partial charge in [0, 0.05) is 61.1 Å². The first-order valence-electron chi connectivity index (χ1n) is 19.9. The van der Waals surface area contributed by atoms with E-state index in [1.54, 1.807) is 88.6 Å². The molecule has 10 rings (SSSR count). The second-order valence-electron chi connectivity index (χ2n) is 17.3. The van der Waals surface area contributed by atoms with E-state index in [0.717, 1.165) is 9.80 Å². The number of amides is 4. The van der Waals surface area contributed by atoms with Gasteiger partial charge in [0.05, 0.1) is 81.6 Å². The van der Waals surface area contributed by atoms with E-state index in [0.29, 0.717) is 44.4 Å². The highest BCUT2D eigenvalue weighted by Crippen LogP contribution is 2.65. The zero-order valence-electron chi connectivity index (χ0n) is 33.1. The number of carbonyl (C=O) groups excluding carboxylic acids is 4. The number of nitriles is 1. The third-order valence-corrected chi connectivity index (χ3v) is 14.5. The van der Waals surface area contributed by atoms with Gasteiger partial charge in [0.1, 0.15) is 17.3 Å². The lowest BCUT2D eigenvalue weighted by atomic mass is 9.63. The van der Waals surface area contributed by atoms with Gasteiger partial charge in [-0.2, -0.15) is 5.26 Å². The molecule has 6 aliphatic heterocycles. The Hall–Kier alpha value is -5.72. The van der Waals surface area contributed by atoms with E-state index in [1.165, 1.54) is 0 Å². The molecule has 4 amide bonds. The Morgan fingerprint density at radius 3 is 1.60 bits per heavy atom. The predicted molar refractivity (Wildman–Crippen MR) is 225 cm³/mol. The van der Waals surface area contributed by atoms with Gasteiger partial charge >= 0.3 is 0 Å². The molecule has 6 aliphatic rings. The van der Waals surface area contributed by atoms with Crippen LogP contribution in [0.15, 0.2) is 60.9 Å². The zero-order valence-corrected chi connectivity index (χ0v) is 33.1. The van der Waals surface area contributed by atoms with Crippen LogP contribution in [0.4, 0.5) is 17.1 Å². The number of carbonyl (C=O) groups is 4. The van der Waals surface area contributed by atoms with Crippen molar-refractivity contribution in [1.29, 1.82) is 5.26 Å². The Morgan fingerprint density at radius 1 is 0.742 bits per heavy atom. The van der Waals surface area contributed by atoms with Gasteiger partial charge in [0.15, 0.2) is 0 Å². The zero-order chi connectivity index (χ0) is 42.8. The Labute approximate surface area is 358 Å². The van der Waals surface area contributed by atoms with Crippen LogP contribution in [0.5, 0.6) is 0 Å². The molecule has 0 aliphatic carbocycles. The fourth-order valence-electron chi connectivity index (χ4n) is 11.3. The van der Waals surface area contributed by atoms with Crippen LogP contribution in [-0.4, -0.2) is 102 Å². The molecule has 6 fully saturated rings. The number of benzene rings is 2.